The third-order valence-electron chi connectivity index (χ3n) is 5.72. The van der Waals surface area contributed by atoms with Gasteiger partial charge in [-0.15, -0.1) is 11.3 Å². The van der Waals surface area contributed by atoms with Gasteiger partial charge >= 0.3 is 0 Å². The van der Waals surface area contributed by atoms with E-state index in [1.54, 1.807) is 42.6 Å². The number of thiazole rings is 1. The van der Waals surface area contributed by atoms with Gasteiger partial charge in [0.1, 0.15) is 10.8 Å². The van der Waals surface area contributed by atoms with E-state index in [0.717, 1.165) is 63.0 Å². The predicted octanol–water partition coefficient (Wildman–Crippen LogP) is 4.41. The van der Waals surface area contributed by atoms with Crippen molar-refractivity contribution in [2.45, 2.75) is 25.7 Å². The highest BCUT2D eigenvalue weighted by atomic mass is 35.5. The number of aromatic nitrogens is 4. The maximum atomic E-state index is 12.3. The topological polar surface area (TPSA) is 89.9 Å². The molecule has 0 spiro atoms. The summed E-state index contributed by atoms with van der Waals surface area (Å²) >= 11 is 8.17. The Bertz CT molecular complexity index is 1340. The van der Waals surface area contributed by atoms with E-state index in [1.165, 1.54) is 0 Å². The van der Waals surface area contributed by atoms with Crippen molar-refractivity contribution in [2.75, 3.05) is 19.8 Å². The van der Waals surface area contributed by atoms with Crippen LogP contribution in [0.3, 0.4) is 0 Å². The van der Waals surface area contributed by atoms with Crippen LogP contribution in [0, 0.1) is 0 Å². The average Bonchev–Trinajstić information content (AvgIpc) is 3.31. The van der Waals surface area contributed by atoms with Crippen LogP contribution in [-0.2, 0) is 24.1 Å². The first kappa shape index (κ1) is 21.6. The van der Waals surface area contributed by atoms with Gasteiger partial charge in [0.05, 0.1) is 39.1 Å². The first-order valence-electron chi connectivity index (χ1n) is 10.7. The van der Waals surface area contributed by atoms with Crippen molar-refractivity contribution in [3.8, 4) is 27.5 Å². The van der Waals surface area contributed by atoms with Crippen LogP contribution in [0.4, 0.5) is 5.82 Å². The lowest BCUT2D eigenvalue weighted by atomic mass is 10.0. The van der Waals surface area contributed by atoms with E-state index in [-0.39, 0.29) is 12.3 Å². The summed E-state index contributed by atoms with van der Waals surface area (Å²) < 4.78 is 1.92. The molecule has 1 aromatic carbocycles. The highest BCUT2D eigenvalue weighted by Crippen LogP contribution is 2.43. The number of nitrogen functional groups attached to an aromatic ring is 1. The predicted molar refractivity (Wildman–Crippen MR) is 132 cm³/mol. The molecule has 2 N–H and O–H groups in total. The number of amides is 1. The first-order valence-corrected chi connectivity index (χ1v) is 11.9. The van der Waals surface area contributed by atoms with Crippen LogP contribution < -0.4 is 5.73 Å². The van der Waals surface area contributed by atoms with E-state index < -0.39 is 0 Å². The van der Waals surface area contributed by atoms with Gasteiger partial charge < -0.3 is 10.6 Å². The lowest BCUT2D eigenvalue weighted by molar-refractivity contribution is -0.127. The van der Waals surface area contributed by atoms with Crippen LogP contribution in [0.25, 0.3) is 27.5 Å². The Balaban J connectivity index is 1.73. The standard InChI is InChI=1S/C24H23ClN6OS/c1-30(2)21(32)12-20-28-17-8-5-6-15-22(14-10-11-19(26)27-13-14)29-31(23(15)24(17)33-20)18-9-4-3-7-16(18)25/h3-4,7,9-11,13H,5-6,8,12H2,1-2H3,(H2,26,27). The van der Waals surface area contributed by atoms with E-state index in [9.17, 15) is 4.79 Å². The Morgan fingerprint density at radius 1 is 1.21 bits per heavy atom. The Labute approximate surface area is 200 Å². The number of benzene rings is 1. The molecule has 1 amide bonds. The second kappa shape index (κ2) is 8.61. The number of hydrogen-bond donors (Lipinski definition) is 1. The number of likely N-dealkylation sites (N-methyl/N-ethyl adjacent to an activating group) is 1. The molecule has 0 radical (unpaired) electrons. The zero-order valence-electron chi connectivity index (χ0n) is 18.4. The van der Waals surface area contributed by atoms with Gasteiger partial charge in [0, 0.05) is 31.4 Å². The number of halogens is 1. The zero-order chi connectivity index (χ0) is 23.1. The Morgan fingerprint density at radius 2 is 2.03 bits per heavy atom. The maximum absolute atomic E-state index is 12.3. The lowest BCUT2D eigenvalue weighted by Gasteiger charge is -2.09. The molecule has 0 fully saturated rings. The van der Waals surface area contributed by atoms with E-state index >= 15 is 0 Å². The maximum Gasteiger partial charge on any atom is 0.228 e. The Morgan fingerprint density at radius 3 is 2.76 bits per heavy atom. The minimum Gasteiger partial charge on any atom is -0.384 e. The molecule has 1 aliphatic rings. The number of aryl methyl sites for hydroxylation is 1. The van der Waals surface area contributed by atoms with E-state index in [0.29, 0.717) is 10.8 Å². The number of rotatable bonds is 4. The van der Waals surface area contributed by atoms with E-state index in [2.05, 4.69) is 4.98 Å². The molecule has 0 saturated heterocycles. The summed E-state index contributed by atoms with van der Waals surface area (Å²) in [6, 6.07) is 11.4. The molecule has 168 valence electrons. The summed E-state index contributed by atoms with van der Waals surface area (Å²) in [6.45, 7) is 0. The quantitative estimate of drug-likeness (QED) is 0.469. The number of nitrogens with two attached hydrogens (primary N) is 1. The van der Waals surface area contributed by atoms with Gasteiger partial charge in [0.25, 0.3) is 0 Å². The van der Waals surface area contributed by atoms with Crippen molar-refractivity contribution in [1.29, 1.82) is 0 Å². The van der Waals surface area contributed by atoms with Crippen LogP contribution in [-0.4, -0.2) is 44.7 Å². The summed E-state index contributed by atoms with van der Waals surface area (Å²) in [5, 5.41) is 6.44. The number of hydrogen-bond acceptors (Lipinski definition) is 6. The second-order valence-corrected chi connectivity index (χ2v) is 9.70. The molecule has 0 unspecified atom stereocenters. The van der Waals surface area contributed by atoms with Crippen LogP contribution in [0.15, 0.2) is 42.6 Å². The summed E-state index contributed by atoms with van der Waals surface area (Å²) in [5.74, 6) is 0.503. The minimum atomic E-state index is 0.0346. The SMILES string of the molecule is CN(C)C(=O)Cc1nc2c(s1)-c1c(c(-c3ccc(N)nc3)nn1-c1ccccc1Cl)CCC2. The third-order valence-corrected chi connectivity index (χ3v) is 7.15. The molecule has 0 aliphatic heterocycles. The smallest absolute Gasteiger partial charge is 0.228 e. The fourth-order valence-corrected chi connectivity index (χ4v) is 5.42. The molecule has 4 aromatic rings. The van der Waals surface area contributed by atoms with E-state index in [4.69, 9.17) is 27.4 Å². The molecule has 1 aliphatic carbocycles. The number of fused-ring (bicyclic) bond motifs is 3. The molecule has 33 heavy (non-hydrogen) atoms. The van der Waals surface area contributed by atoms with Gasteiger partial charge in [0.15, 0.2) is 0 Å². The lowest BCUT2D eigenvalue weighted by Crippen LogP contribution is -2.23. The normalized spacial score (nSPS) is 12.7. The third kappa shape index (κ3) is 4.00. The van der Waals surface area contributed by atoms with Gasteiger partial charge in [0.2, 0.25) is 5.91 Å². The molecule has 3 heterocycles. The summed E-state index contributed by atoms with van der Waals surface area (Å²) in [5.41, 5.74) is 11.5. The first-order chi connectivity index (χ1) is 15.9. The summed E-state index contributed by atoms with van der Waals surface area (Å²) in [6.07, 6.45) is 4.69. The highest BCUT2D eigenvalue weighted by molar-refractivity contribution is 7.15. The molecule has 0 bridgehead atoms. The molecule has 0 atom stereocenters. The van der Waals surface area contributed by atoms with Crippen LogP contribution >= 0.6 is 22.9 Å². The van der Waals surface area contributed by atoms with Crippen molar-refractivity contribution in [3.63, 3.8) is 0 Å². The van der Waals surface area contributed by atoms with Crippen molar-refractivity contribution >= 4 is 34.7 Å². The fraction of sp³-hybridized carbons (Fsp3) is 0.250. The number of para-hydroxylation sites is 1. The van der Waals surface area contributed by atoms with Crippen LogP contribution in [0.1, 0.15) is 22.7 Å². The van der Waals surface area contributed by atoms with Crippen LogP contribution in [0.2, 0.25) is 5.02 Å². The number of pyridine rings is 1. The molecule has 9 heteroatoms. The summed E-state index contributed by atoms with van der Waals surface area (Å²) in [7, 11) is 3.52. The molecular formula is C24H23ClN6OS. The van der Waals surface area contributed by atoms with Crippen molar-refractivity contribution in [1.82, 2.24) is 24.6 Å². The van der Waals surface area contributed by atoms with Crippen molar-refractivity contribution < 1.29 is 4.79 Å². The van der Waals surface area contributed by atoms with Gasteiger partial charge in [-0.1, -0.05) is 23.7 Å². The van der Waals surface area contributed by atoms with E-state index in [1.807, 2.05) is 35.0 Å². The molecular weight excluding hydrogens is 456 g/mol. The van der Waals surface area contributed by atoms with Gasteiger partial charge in [-0.2, -0.15) is 5.10 Å². The molecule has 7 nitrogen and oxygen atoms in total. The Hall–Kier alpha value is -3.23. The van der Waals surface area contributed by atoms with Crippen LogP contribution in [0.5, 0.6) is 0 Å². The number of anilines is 1. The van der Waals surface area contributed by atoms with Crippen molar-refractivity contribution in [3.05, 3.63) is 63.9 Å². The van der Waals surface area contributed by atoms with Gasteiger partial charge in [-0.05, 0) is 43.5 Å². The minimum absolute atomic E-state index is 0.0346. The average molecular weight is 479 g/mol. The van der Waals surface area contributed by atoms with Gasteiger partial charge in [-0.25, -0.2) is 14.6 Å². The monoisotopic (exact) mass is 478 g/mol. The van der Waals surface area contributed by atoms with Gasteiger partial charge in [-0.3, -0.25) is 4.79 Å². The van der Waals surface area contributed by atoms with Crippen molar-refractivity contribution in [2.24, 2.45) is 0 Å². The summed E-state index contributed by atoms with van der Waals surface area (Å²) in [4.78, 5) is 24.1. The fourth-order valence-electron chi connectivity index (χ4n) is 4.05. The highest BCUT2D eigenvalue weighted by Gasteiger charge is 2.29. The number of carbonyl (C=O) groups excluding carboxylic acids is 1. The second-order valence-electron chi connectivity index (χ2n) is 8.21. The Kier molecular flexibility index (Phi) is 5.64. The number of nitrogens with zero attached hydrogens (tertiary/aromatic N) is 5. The number of carbonyl (C=O) groups is 1. The molecule has 5 rings (SSSR count). The zero-order valence-corrected chi connectivity index (χ0v) is 20.0. The molecule has 3 aromatic heterocycles. The molecule has 0 saturated carbocycles. The largest absolute Gasteiger partial charge is 0.384 e.